The lowest BCUT2D eigenvalue weighted by atomic mass is 9.98. The fraction of sp³-hybridized carbons (Fsp3) is 0.150. The molecule has 0 saturated carbocycles. The van der Waals surface area contributed by atoms with Crippen LogP contribution in [0.15, 0.2) is 45.6 Å². The summed E-state index contributed by atoms with van der Waals surface area (Å²) in [7, 11) is 0. The van der Waals surface area contributed by atoms with Gasteiger partial charge in [0, 0.05) is 18.2 Å². The van der Waals surface area contributed by atoms with Gasteiger partial charge in [0.2, 0.25) is 0 Å². The molecule has 6 heteroatoms. The number of benzene rings is 2. The molecule has 2 heterocycles. The molecule has 3 N–H and O–H groups in total. The van der Waals surface area contributed by atoms with Crippen LogP contribution in [0.25, 0.3) is 28.4 Å². The minimum absolute atomic E-state index is 0.0232. The molecule has 0 amide bonds. The number of aromatic hydroxyl groups is 3. The van der Waals surface area contributed by atoms with Gasteiger partial charge in [-0.25, -0.2) is 0 Å². The van der Waals surface area contributed by atoms with Crippen molar-refractivity contribution in [3.63, 3.8) is 0 Å². The second-order valence-electron chi connectivity index (χ2n) is 6.73. The van der Waals surface area contributed by atoms with Crippen molar-refractivity contribution in [1.29, 1.82) is 0 Å². The maximum Gasteiger partial charge on any atom is 0.197 e. The van der Waals surface area contributed by atoms with E-state index in [9.17, 15) is 20.1 Å². The normalized spacial score (nSPS) is 14.8. The summed E-state index contributed by atoms with van der Waals surface area (Å²) in [4.78, 5) is 12.4. The topological polar surface area (TPSA) is 100 Å². The highest BCUT2D eigenvalue weighted by atomic mass is 16.5. The smallest absolute Gasteiger partial charge is 0.197 e. The summed E-state index contributed by atoms with van der Waals surface area (Å²) in [6, 6.07) is 6.79. The maximum atomic E-state index is 12.4. The van der Waals surface area contributed by atoms with Crippen molar-refractivity contribution < 1.29 is 24.5 Å². The fourth-order valence-electron chi connectivity index (χ4n) is 3.03. The van der Waals surface area contributed by atoms with Crippen LogP contribution in [0.4, 0.5) is 0 Å². The number of ether oxygens (including phenoxy) is 1. The van der Waals surface area contributed by atoms with Crippen molar-refractivity contribution in [1.82, 2.24) is 0 Å². The Bertz CT molecular complexity index is 1140. The van der Waals surface area contributed by atoms with Gasteiger partial charge in [0.15, 0.2) is 5.43 Å². The van der Waals surface area contributed by atoms with Gasteiger partial charge in [-0.05, 0) is 38.1 Å². The van der Waals surface area contributed by atoms with Gasteiger partial charge in [0.05, 0.1) is 11.1 Å². The second kappa shape index (κ2) is 5.29. The molecule has 1 aliphatic rings. The molecule has 0 saturated heterocycles. The molecule has 3 aromatic rings. The minimum Gasteiger partial charge on any atom is -0.508 e. The number of phenolic OH excluding ortho intramolecular Hbond substituents is 3. The Morgan fingerprint density at radius 2 is 1.81 bits per heavy atom. The molecule has 0 fully saturated rings. The van der Waals surface area contributed by atoms with Crippen LogP contribution in [0.5, 0.6) is 23.0 Å². The van der Waals surface area contributed by atoms with Gasteiger partial charge >= 0.3 is 0 Å². The molecule has 4 rings (SSSR count). The zero-order valence-electron chi connectivity index (χ0n) is 14.1. The lowest BCUT2D eigenvalue weighted by molar-refractivity contribution is 0.158. The van der Waals surface area contributed by atoms with Crippen LogP contribution in [0, 0.1) is 0 Å². The first-order valence-electron chi connectivity index (χ1n) is 7.99. The van der Waals surface area contributed by atoms with Crippen LogP contribution in [-0.2, 0) is 0 Å². The molecule has 0 atom stereocenters. The van der Waals surface area contributed by atoms with Gasteiger partial charge in [0.25, 0.3) is 0 Å². The highest BCUT2D eigenvalue weighted by Gasteiger charge is 2.25. The molecule has 0 unspecified atom stereocenters. The predicted molar refractivity (Wildman–Crippen MR) is 96.7 cm³/mol. The van der Waals surface area contributed by atoms with Crippen LogP contribution >= 0.6 is 0 Å². The number of fused-ring (bicyclic) bond motifs is 2. The summed E-state index contributed by atoms with van der Waals surface area (Å²) in [6.07, 6.45) is 3.58. The van der Waals surface area contributed by atoms with Crippen molar-refractivity contribution >= 4 is 17.0 Å². The first-order chi connectivity index (χ1) is 12.2. The molecule has 26 heavy (non-hydrogen) atoms. The number of rotatable bonds is 1. The van der Waals surface area contributed by atoms with E-state index in [1.165, 1.54) is 12.1 Å². The van der Waals surface area contributed by atoms with Crippen LogP contribution in [0.2, 0.25) is 0 Å². The Hall–Kier alpha value is -3.41. The van der Waals surface area contributed by atoms with Crippen LogP contribution in [-0.4, -0.2) is 20.9 Å². The zero-order valence-corrected chi connectivity index (χ0v) is 14.1. The molecule has 2 aromatic carbocycles. The molecule has 0 spiro atoms. The van der Waals surface area contributed by atoms with E-state index in [-0.39, 0.29) is 34.0 Å². The van der Waals surface area contributed by atoms with E-state index >= 15 is 0 Å². The van der Waals surface area contributed by atoms with Gasteiger partial charge in [-0.15, -0.1) is 0 Å². The highest BCUT2D eigenvalue weighted by molar-refractivity contribution is 5.87. The highest BCUT2D eigenvalue weighted by Crippen LogP contribution is 2.42. The van der Waals surface area contributed by atoms with E-state index < -0.39 is 11.0 Å². The average Bonchev–Trinajstić information content (AvgIpc) is 2.52. The van der Waals surface area contributed by atoms with Gasteiger partial charge < -0.3 is 24.5 Å². The quantitative estimate of drug-likeness (QED) is 0.616. The molecular formula is C20H16O6. The summed E-state index contributed by atoms with van der Waals surface area (Å²) >= 11 is 0. The molecule has 0 radical (unpaired) electrons. The molecular weight excluding hydrogens is 336 g/mol. The van der Waals surface area contributed by atoms with E-state index in [4.69, 9.17) is 9.15 Å². The molecule has 0 bridgehead atoms. The van der Waals surface area contributed by atoms with Crippen molar-refractivity contribution in [2.45, 2.75) is 19.4 Å². The number of phenols is 3. The summed E-state index contributed by atoms with van der Waals surface area (Å²) in [6.45, 7) is 3.80. The summed E-state index contributed by atoms with van der Waals surface area (Å²) in [5.74, 6) is -0.0404. The summed E-state index contributed by atoms with van der Waals surface area (Å²) in [5.41, 5.74) is -0.147. The van der Waals surface area contributed by atoms with Gasteiger partial charge in [-0.2, -0.15) is 0 Å². The predicted octanol–water partition coefficient (Wildman–Crippen LogP) is 3.76. The first kappa shape index (κ1) is 16.1. The monoisotopic (exact) mass is 352 g/mol. The van der Waals surface area contributed by atoms with E-state index in [1.54, 1.807) is 18.2 Å². The van der Waals surface area contributed by atoms with Crippen LogP contribution in [0.1, 0.15) is 19.4 Å². The Kier molecular flexibility index (Phi) is 3.27. The third kappa shape index (κ3) is 2.47. The fourth-order valence-corrected chi connectivity index (χ4v) is 3.03. The molecule has 132 valence electrons. The van der Waals surface area contributed by atoms with Crippen molar-refractivity contribution in [3.8, 4) is 34.3 Å². The van der Waals surface area contributed by atoms with E-state index in [0.717, 1.165) is 6.07 Å². The van der Waals surface area contributed by atoms with Crippen molar-refractivity contribution in [2.24, 2.45) is 0 Å². The lowest BCUT2D eigenvalue weighted by Gasteiger charge is -2.28. The third-order valence-corrected chi connectivity index (χ3v) is 4.26. The van der Waals surface area contributed by atoms with Gasteiger partial charge in [0.1, 0.15) is 45.3 Å². The minimum atomic E-state index is -0.483. The van der Waals surface area contributed by atoms with Gasteiger partial charge in [-0.1, -0.05) is 0 Å². The Morgan fingerprint density at radius 1 is 1.04 bits per heavy atom. The Morgan fingerprint density at radius 3 is 2.58 bits per heavy atom. The van der Waals surface area contributed by atoms with Crippen molar-refractivity contribution in [3.05, 3.63) is 52.2 Å². The number of hydrogen-bond donors (Lipinski definition) is 3. The summed E-state index contributed by atoms with van der Waals surface area (Å²) in [5, 5.41) is 30.1. The molecule has 6 nitrogen and oxygen atoms in total. The van der Waals surface area contributed by atoms with Gasteiger partial charge in [-0.3, -0.25) is 4.79 Å². The first-order valence-corrected chi connectivity index (χ1v) is 7.99. The van der Waals surface area contributed by atoms with Crippen LogP contribution < -0.4 is 10.2 Å². The largest absolute Gasteiger partial charge is 0.508 e. The Balaban J connectivity index is 1.93. The van der Waals surface area contributed by atoms with E-state index in [1.807, 2.05) is 19.9 Å². The second-order valence-corrected chi connectivity index (χ2v) is 6.73. The summed E-state index contributed by atoms with van der Waals surface area (Å²) < 4.78 is 11.5. The number of hydrogen-bond acceptors (Lipinski definition) is 6. The lowest BCUT2D eigenvalue weighted by Crippen LogP contribution is -2.27. The van der Waals surface area contributed by atoms with Crippen molar-refractivity contribution in [2.75, 3.05) is 0 Å². The van der Waals surface area contributed by atoms with Crippen LogP contribution in [0.3, 0.4) is 0 Å². The third-order valence-electron chi connectivity index (χ3n) is 4.26. The Labute approximate surface area is 148 Å². The standard InChI is InChI=1S/C20H16O6/c1-20(2)6-5-12-15(26-20)4-3-11(19(12)24)16-9-14(23)18-13(22)7-10(21)8-17(18)25-16/h3-9,21-22,24H,1-2H3. The molecule has 0 aliphatic carbocycles. The maximum absolute atomic E-state index is 12.4. The van der Waals surface area contributed by atoms with E-state index in [0.29, 0.717) is 16.9 Å². The zero-order chi connectivity index (χ0) is 18.6. The molecule has 1 aliphatic heterocycles. The SMILES string of the molecule is CC1(C)C=Cc2c(ccc(-c3cc(=O)c4c(O)cc(O)cc4o3)c2O)O1. The van der Waals surface area contributed by atoms with E-state index in [2.05, 4.69) is 0 Å². The molecule has 1 aromatic heterocycles. The average molecular weight is 352 g/mol.